The van der Waals surface area contributed by atoms with Crippen LogP contribution in [0.1, 0.15) is 47.1 Å². The van der Waals surface area contributed by atoms with Gasteiger partial charge in [0.1, 0.15) is 10.5 Å². The summed E-state index contributed by atoms with van der Waals surface area (Å²) < 4.78 is 33.3. The number of hydrogen-bond acceptors (Lipinski definition) is 5. The van der Waals surface area contributed by atoms with E-state index in [9.17, 15) is 18.0 Å². The number of sulfonamides is 1. The van der Waals surface area contributed by atoms with E-state index in [-0.39, 0.29) is 29.5 Å². The van der Waals surface area contributed by atoms with Gasteiger partial charge in [-0.05, 0) is 52.7 Å². The minimum absolute atomic E-state index is 0.0329. The molecule has 1 aromatic heterocycles. The molecule has 1 amide bonds. The lowest BCUT2D eigenvalue weighted by Crippen LogP contribution is -2.44. The summed E-state index contributed by atoms with van der Waals surface area (Å²) in [5.41, 5.74) is 2.62. The van der Waals surface area contributed by atoms with Gasteiger partial charge in [0.25, 0.3) is 0 Å². The molecule has 2 aromatic rings. The van der Waals surface area contributed by atoms with Crippen molar-refractivity contribution >= 4 is 27.6 Å². The Bertz CT molecular complexity index is 1070. The van der Waals surface area contributed by atoms with Crippen molar-refractivity contribution in [1.29, 1.82) is 0 Å². The summed E-state index contributed by atoms with van der Waals surface area (Å²) in [6.45, 7) is 7.40. The zero-order valence-electron chi connectivity index (χ0n) is 18.3. The van der Waals surface area contributed by atoms with Gasteiger partial charge in [-0.1, -0.05) is 17.7 Å². The van der Waals surface area contributed by atoms with Crippen LogP contribution in [0.25, 0.3) is 0 Å². The van der Waals surface area contributed by atoms with Crippen molar-refractivity contribution in [2.45, 2.75) is 45.4 Å². The first-order chi connectivity index (χ1) is 14.6. The molecule has 9 heteroatoms. The molecule has 2 heterocycles. The Kier molecular flexibility index (Phi) is 6.86. The van der Waals surface area contributed by atoms with E-state index in [1.54, 1.807) is 20.8 Å². The van der Waals surface area contributed by atoms with E-state index in [1.165, 1.54) is 4.31 Å². The molecule has 1 aliphatic heterocycles. The Balaban J connectivity index is 1.83. The molecule has 0 saturated carbocycles. The standard InChI is InChI=1S/C22H29N3O5S/c1-5-30-22(27)19-15(3)23-16(4)20(19)31(28,29)25-12-6-7-17(13-25)21(26)24-18-10-8-14(2)9-11-18/h8-11,17,23H,5-7,12-13H2,1-4H3,(H,24,26)/t17-/m0/s1. The molecule has 8 nitrogen and oxygen atoms in total. The van der Waals surface area contributed by atoms with Crippen molar-refractivity contribution in [2.75, 3.05) is 25.0 Å². The van der Waals surface area contributed by atoms with Crippen LogP contribution in [0.15, 0.2) is 29.2 Å². The summed E-state index contributed by atoms with van der Waals surface area (Å²) in [5, 5.41) is 2.87. The van der Waals surface area contributed by atoms with E-state index < -0.39 is 21.9 Å². The third kappa shape index (κ3) is 4.83. The van der Waals surface area contributed by atoms with Crippen LogP contribution in [0, 0.1) is 26.7 Å². The molecule has 31 heavy (non-hydrogen) atoms. The first-order valence-corrected chi connectivity index (χ1v) is 11.8. The van der Waals surface area contributed by atoms with Crippen LogP contribution < -0.4 is 5.32 Å². The maximum absolute atomic E-state index is 13.5. The number of rotatable bonds is 6. The number of nitrogens with zero attached hydrogens (tertiary/aromatic N) is 1. The van der Waals surface area contributed by atoms with Crippen molar-refractivity contribution in [3.63, 3.8) is 0 Å². The molecular weight excluding hydrogens is 418 g/mol. The van der Waals surface area contributed by atoms with Gasteiger partial charge in [-0.2, -0.15) is 4.31 Å². The molecule has 0 aliphatic carbocycles. The van der Waals surface area contributed by atoms with Crippen LogP contribution in [0.4, 0.5) is 5.69 Å². The molecule has 1 fully saturated rings. The first-order valence-electron chi connectivity index (χ1n) is 10.4. The van der Waals surface area contributed by atoms with Gasteiger partial charge in [0.2, 0.25) is 15.9 Å². The second-order valence-electron chi connectivity index (χ2n) is 7.86. The maximum Gasteiger partial charge on any atom is 0.341 e. The topological polar surface area (TPSA) is 109 Å². The molecule has 1 aromatic carbocycles. The Labute approximate surface area is 183 Å². The number of benzene rings is 1. The zero-order chi connectivity index (χ0) is 22.8. The van der Waals surface area contributed by atoms with Crippen LogP contribution in [0.2, 0.25) is 0 Å². The molecule has 1 aliphatic rings. The molecule has 0 bridgehead atoms. The number of esters is 1. The molecule has 0 spiro atoms. The Morgan fingerprint density at radius 1 is 1.16 bits per heavy atom. The predicted molar refractivity (Wildman–Crippen MR) is 118 cm³/mol. The molecular formula is C22H29N3O5S. The number of carbonyl (C=O) groups is 2. The molecule has 1 saturated heterocycles. The predicted octanol–water partition coefficient (Wildman–Crippen LogP) is 3.16. The third-order valence-electron chi connectivity index (χ3n) is 5.47. The van der Waals surface area contributed by atoms with E-state index in [4.69, 9.17) is 4.74 Å². The number of hydrogen-bond donors (Lipinski definition) is 2. The Morgan fingerprint density at radius 3 is 2.48 bits per heavy atom. The number of aromatic amines is 1. The smallest absolute Gasteiger partial charge is 0.341 e. The molecule has 168 valence electrons. The van der Waals surface area contributed by atoms with Crippen molar-refractivity contribution in [1.82, 2.24) is 9.29 Å². The highest BCUT2D eigenvalue weighted by Gasteiger charge is 2.38. The van der Waals surface area contributed by atoms with Gasteiger partial charge in [-0.15, -0.1) is 0 Å². The Morgan fingerprint density at radius 2 is 1.84 bits per heavy atom. The maximum atomic E-state index is 13.5. The summed E-state index contributed by atoms with van der Waals surface area (Å²) in [5.74, 6) is -1.36. The van der Waals surface area contributed by atoms with E-state index in [1.807, 2.05) is 31.2 Å². The molecule has 1 atom stereocenters. The number of piperidine rings is 1. The number of nitrogens with one attached hydrogen (secondary N) is 2. The fourth-order valence-corrected chi connectivity index (χ4v) is 5.85. The van der Waals surface area contributed by atoms with Gasteiger partial charge >= 0.3 is 5.97 Å². The second kappa shape index (κ2) is 9.23. The highest BCUT2D eigenvalue weighted by atomic mass is 32.2. The van der Waals surface area contributed by atoms with Gasteiger partial charge < -0.3 is 15.0 Å². The van der Waals surface area contributed by atoms with Gasteiger partial charge in [0.15, 0.2) is 0 Å². The van der Waals surface area contributed by atoms with Crippen molar-refractivity contribution in [3.05, 3.63) is 46.8 Å². The fraction of sp³-hybridized carbons (Fsp3) is 0.455. The lowest BCUT2D eigenvalue weighted by molar-refractivity contribution is -0.120. The van der Waals surface area contributed by atoms with Crippen LogP contribution in [0.3, 0.4) is 0 Å². The highest BCUT2D eigenvalue weighted by molar-refractivity contribution is 7.89. The number of amides is 1. The van der Waals surface area contributed by atoms with E-state index in [0.717, 1.165) is 5.56 Å². The quantitative estimate of drug-likeness (QED) is 0.661. The summed E-state index contributed by atoms with van der Waals surface area (Å²) in [6, 6.07) is 7.45. The van der Waals surface area contributed by atoms with Crippen LogP contribution in [-0.2, 0) is 19.6 Å². The molecule has 2 N–H and O–H groups in total. The van der Waals surface area contributed by atoms with Crippen molar-refractivity contribution < 1.29 is 22.7 Å². The lowest BCUT2D eigenvalue weighted by Gasteiger charge is -2.31. The first kappa shape index (κ1) is 23.0. The summed E-state index contributed by atoms with van der Waals surface area (Å²) >= 11 is 0. The van der Waals surface area contributed by atoms with Crippen LogP contribution in [-0.4, -0.2) is 49.3 Å². The van der Waals surface area contributed by atoms with Gasteiger partial charge in [0, 0.05) is 30.2 Å². The van der Waals surface area contributed by atoms with Gasteiger partial charge in [-0.25, -0.2) is 13.2 Å². The summed E-state index contributed by atoms with van der Waals surface area (Å²) in [4.78, 5) is 28.1. The Hall–Kier alpha value is -2.65. The van der Waals surface area contributed by atoms with E-state index in [2.05, 4.69) is 10.3 Å². The minimum Gasteiger partial charge on any atom is -0.462 e. The van der Waals surface area contributed by atoms with Gasteiger partial charge in [0.05, 0.1) is 12.5 Å². The molecule has 0 unspecified atom stereocenters. The average molecular weight is 448 g/mol. The van der Waals surface area contributed by atoms with Crippen LogP contribution in [0.5, 0.6) is 0 Å². The second-order valence-corrected chi connectivity index (χ2v) is 9.73. The lowest BCUT2D eigenvalue weighted by atomic mass is 9.98. The minimum atomic E-state index is -3.99. The monoisotopic (exact) mass is 447 g/mol. The summed E-state index contributed by atoms with van der Waals surface area (Å²) in [6.07, 6.45) is 1.15. The number of aromatic nitrogens is 1. The number of anilines is 1. The number of carbonyl (C=O) groups excluding carboxylic acids is 2. The number of aryl methyl sites for hydroxylation is 3. The zero-order valence-corrected chi connectivity index (χ0v) is 19.1. The van der Waals surface area contributed by atoms with Crippen molar-refractivity contribution in [2.24, 2.45) is 5.92 Å². The molecule has 0 radical (unpaired) electrons. The van der Waals surface area contributed by atoms with Crippen LogP contribution >= 0.6 is 0 Å². The SMILES string of the molecule is CCOC(=O)c1c(C)[nH]c(C)c1S(=O)(=O)N1CCC[C@H](C(=O)Nc2ccc(C)cc2)C1. The largest absolute Gasteiger partial charge is 0.462 e. The van der Waals surface area contributed by atoms with E-state index in [0.29, 0.717) is 36.5 Å². The normalized spacial score (nSPS) is 17.4. The average Bonchev–Trinajstić information content (AvgIpc) is 3.04. The number of H-pyrrole nitrogens is 1. The number of ether oxygens (including phenoxy) is 1. The summed E-state index contributed by atoms with van der Waals surface area (Å²) in [7, 11) is -3.99. The van der Waals surface area contributed by atoms with Gasteiger partial charge in [-0.3, -0.25) is 4.79 Å². The van der Waals surface area contributed by atoms with E-state index >= 15 is 0 Å². The third-order valence-corrected chi connectivity index (χ3v) is 7.51. The fourth-order valence-electron chi connectivity index (χ4n) is 3.91. The van der Waals surface area contributed by atoms with Crippen molar-refractivity contribution in [3.8, 4) is 0 Å². The molecule has 3 rings (SSSR count). The highest BCUT2D eigenvalue weighted by Crippen LogP contribution is 2.31.